The van der Waals surface area contributed by atoms with Crippen LogP contribution in [0.5, 0.6) is 0 Å². The molecule has 1 amide bonds. The van der Waals surface area contributed by atoms with Crippen LogP contribution in [0.25, 0.3) is 10.2 Å². The van der Waals surface area contributed by atoms with Crippen molar-refractivity contribution in [3.8, 4) is 0 Å². The van der Waals surface area contributed by atoms with Crippen molar-refractivity contribution in [1.29, 1.82) is 0 Å². The Hall–Kier alpha value is -3.76. The zero-order valence-corrected chi connectivity index (χ0v) is 20.2. The topological polar surface area (TPSA) is 107 Å². The summed E-state index contributed by atoms with van der Waals surface area (Å²) in [7, 11) is -0.824. The van der Waals surface area contributed by atoms with Crippen molar-refractivity contribution in [2.45, 2.75) is 11.8 Å². The van der Waals surface area contributed by atoms with Gasteiger partial charge in [0.1, 0.15) is 0 Å². The number of benzene rings is 3. The molecule has 0 bridgehead atoms. The van der Waals surface area contributed by atoms with E-state index in [-0.39, 0.29) is 16.1 Å². The number of rotatable bonds is 5. The summed E-state index contributed by atoms with van der Waals surface area (Å²) in [6.07, 6.45) is 0. The first kappa shape index (κ1) is 23.4. The van der Waals surface area contributed by atoms with Gasteiger partial charge in [-0.25, -0.2) is 13.2 Å². The Labute approximate surface area is 200 Å². The van der Waals surface area contributed by atoms with Gasteiger partial charge < -0.3 is 9.30 Å². The lowest BCUT2D eigenvalue weighted by molar-refractivity contribution is 0.0600. The monoisotopic (exact) mass is 495 g/mol. The number of fused-ring (bicyclic) bond motifs is 1. The fourth-order valence-electron chi connectivity index (χ4n) is 3.31. The maximum Gasteiger partial charge on any atom is 0.337 e. The molecule has 0 radical (unpaired) electrons. The van der Waals surface area contributed by atoms with E-state index in [1.165, 1.54) is 42.7 Å². The van der Waals surface area contributed by atoms with Crippen LogP contribution in [0.4, 0.5) is 5.69 Å². The predicted molar refractivity (Wildman–Crippen MR) is 130 cm³/mol. The molecular formula is C24H21N3O5S2. The van der Waals surface area contributed by atoms with Crippen LogP contribution in [0.2, 0.25) is 0 Å². The van der Waals surface area contributed by atoms with E-state index in [0.717, 1.165) is 15.8 Å². The molecule has 0 aliphatic carbocycles. The van der Waals surface area contributed by atoms with Crippen LogP contribution in [0.1, 0.15) is 26.3 Å². The number of hydrogen-bond acceptors (Lipinski definition) is 6. The van der Waals surface area contributed by atoms with Crippen LogP contribution in [-0.2, 0) is 21.8 Å². The first-order valence-corrected chi connectivity index (χ1v) is 12.4. The van der Waals surface area contributed by atoms with E-state index in [2.05, 4.69) is 9.71 Å². The van der Waals surface area contributed by atoms with Gasteiger partial charge in [-0.2, -0.15) is 4.99 Å². The third kappa shape index (κ3) is 4.63. The van der Waals surface area contributed by atoms with Gasteiger partial charge in [-0.3, -0.25) is 9.52 Å². The van der Waals surface area contributed by atoms with Crippen LogP contribution < -0.4 is 9.52 Å². The lowest BCUT2D eigenvalue weighted by atomic mass is 10.2. The van der Waals surface area contributed by atoms with Crippen molar-refractivity contribution < 1.29 is 22.7 Å². The molecule has 0 saturated heterocycles. The largest absolute Gasteiger partial charge is 0.465 e. The van der Waals surface area contributed by atoms with Crippen LogP contribution in [0, 0.1) is 6.92 Å². The number of ether oxygens (including phenoxy) is 1. The van der Waals surface area contributed by atoms with Gasteiger partial charge in [-0.1, -0.05) is 41.2 Å². The Morgan fingerprint density at radius 3 is 2.44 bits per heavy atom. The summed E-state index contributed by atoms with van der Waals surface area (Å²) in [6, 6.07) is 17.8. The Kier molecular flexibility index (Phi) is 6.36. The van der Waals surface area contributed by atoms with Crippen molar-refractivity contribution in [2.24, 2.45) is 12.0 Å². The quantitative estimate of drug-likeness (QED) is 0.423. The molecule has 1 N–H and O–H groups in total. The molecule has 0 unspecified atom stereocenters. The van der Waals surface area contributed by atoms with Crippen LogP contribution in [-0.4, -0.2) is 32.0 Å². The summed E-state index contributed by atoms with van der Waals surface area (Å²) < 4.78 is 35.4. The minimum absolute atomic E-state index is 0.0922. The number of nitrogens with zero attached hydrogens (tertiary/aromatic N) is 2. The molecule has 0 aliphatic heterocycles. The molecule has 3 aromatic carbocycles. The molecule has 0 saturated carbocycles. The van der Waals surface area contributed by atoms with E-state index in [0.29, 0.717) is 10.4 Å². The predicted octanol–water partition coefficient (Wildman–Crippen LogP) is 3.88. The fraction of sp³-hybridized carbons (Fsp3) is 0.125. The number of anilines is 1. The molecule has 34 heavy (non-hydrogen) atoms. The number of carbonyl (C=O) groups excluding carboxylic acids is 2. The van der Waals surface area contributed by atoms with Gasteiger partial charge in [0, 0.05) is 7.05 Å². The first-order valence-electron chi connectivity index (χ1n) is 10.1. The first-order chi connectivity index (χ1) is 16.2. The Morgan fingerprint density at radius 2 is 1.74 bits per heavy atom. The molecule has 10 heteroatoms. The van der Waals surface area contributed by atoms with Gasteiger partial charge in [-0.15, -0.1) is 0 Å². The number of hydrogen-bond donors (Lipinski definition) is 1. The van der Waals surface area contributed by atoms with E-state index in [1.807, 2.05) is 6.92 Å². The number of thiazole rings is 1. The van der Waals surface area contributed by atoms with Crippen LogP contribution in [0.15, 0.2) is 76.6 Å². The molecule has 4 aromatic rings. The average molecular weight is 496 g/mol. The Morgan fingerprint density at radius 1 is 1.03 bits per heavy atom. The SMILES string of the molecule is COC(=O)c1ccc2c(c1)sc(=NC(=O)c1ccccc1NS(=O)(=O)c1ccc(C)cc1)n2C. The van der Waals surface area contributed by atoms with Gasteiger partial charge >= 0.3 is 5.97 Å². The van der Waals surface area contributed by atoms with Gasteiger partial charge in [0.15, 0.2) is 4.80 Å². The second-order valence-corrected chi connectivity index (χ2v) is 10.2. The van der Waals surface area contributed by atoms with E-state index < -0.39 is 21.9 Å². The van der Waals surface area contributed by atoms with Gasteiger partial charge in [0.05, 0.1) is 39.0 Å². The van der Waals surface area contributed by atoms with Gasteiger partial charge in [0.2, 0.25) is 0 Å². The molecule has 1 aromatic heterocycles. The third-order valence-electron chi connectivity index (χ3n) is 5.16. The zero-order valence-electron chi connectivity index (χ0n) is 18.6. The molecule has 0 spiro atoms. The van der Waals surface area contributed by atoms with Gasteiger partial charge in [0.25, 0.3) is 15.9 Å². The number of aryl methyl sites for hydroxylation is 2. The molecular weight excluding hydrogens is 474 g/mol. The molecule has 8 nitrogen and oxygen atoms in total. The van der Waals surface area contributed by atoms with Crippen molar-refractivity contribution in [3.05, 3.63) is 88.2 Å². The number of methoxy groups -OCH3 is 1. The number of nitrogens with one attached hydrogen (secondary N) is 1. The fourth-order valence-corrected chi connectivity index (χ4v) is 5.45. The smallest absolute Gasteiger partial charge is 0.337 e. The highest BCUT2D eigenvalue weighted by molar-refractivity contribution is 7.92. The van der Waals surface area contributed by atoms with E-state index in [1.54, 1.807) is 54.1 Å². The number of aromatic nitrogens is 1. The lowest BCUT2D eigenvalue weighted by Crippen LogP contribution is -2.17. The molecule has 4 rings (SSSR count). The summed E-state index contributed by atoms with van der Waals surface area (Å²) in [6.45, 7) is 1.86. The van der Waals surface area contributed by atoms with E-state index >= 15 is 0 Å². The summed E-state index contributed by atoms with van der Waals surface area (Å²) in [5.41, 5.74) is 2.37. The highest BCUT2D eigenvalue weighted by atomic mass is 32.2. The Bertz CT molecular complexity index is 1580. The molecule has 0 atom stereocenters. The van der Waals surface area contributed by atoms with Crippen LogP contribution in [0.3, 0.4) is 0 Å². The van der Waals surface area contributed by atoms with Crippen molar-refractivity contribution in [1.82, 2.24) is 4.57 Å². The second kappa shape index (κ2) is 9.24. The second-order valence-electron chi connectivity index (χ2n) is 7.50. The third-order valence-corrected chi connectivity index (χ3v) is 7.64. The molecule has 0 fully saturated rings. The average Bonchev–Trinajstić information content (AvgIpc) is 3.13. The number of carbonyl (C=O) groups is 2. The highest BCUT2D eigenvalue weighted by Gasteiger charge is 2.19. The molecule has 1 heterocycles. The molecule has 174 valence electrons. The normalized spacial score (nSPS) is 12.0. The van der Waals surface area contributed by atoms with Crippen molar-refractivity contribution >= 4 is 49.1 Å². The number of esters is 1. The van der Waals surface area contributed by atoms with E-state index in [9.17, 15) is 18.0 Å². The zero-order chi connectivity index (χ0) is 24.5. The van der Waals surface area contributed by atoms with E-state index in [4.69, 9.17) is 4.74 Å². The number of amides is 1. The van der Waals surface area contributed by atoms with Gasteiger partial charge in [-0.05, 0) is 49.4 Å². The number of sulfonamides is 1. The minimum Gasteiger partial charge on any atom is -0.465 e. The van der Waals surface area contributed by atoms with Crippen molar-refractivity contribution in [2.75, 3.05) is 11.8 Å². The molecule has 0 aliphatic rings. The maximum absolute atomic E-state index is 13.1. The van der Waals surface area contributed by atoms with Crippen LogP contribution >= 0.6 is 11.3 Å². The minimum atomic E-state index is -3.89. The highest BCUT2D eigenvalue weighted by Crippen LogP contribution is 2.22. The summed E-state index contributed by atoms with van der Waals surface area (Å²) >= 11 is 1.24. The maximum atomic E-state index is 13.1. The Balaban J connectivity index is 1.71. The summed E-state index contributed by atoms with van der Waals surface area (Å²) in [4.78, 5) is 29.6. The lowest BCUT2D eigenvalue weighted by Gasteiger charge is -2.11. The van der Waals surface area contributed by atoms with Crippen molar-refractivity contribution in [3.63, 3.8) is 0 Å². The summed E-state index contributed by atoms with van der Waals surface area (Å²) in [5, 5.41) is 0. The number of para-hydroxylation sites is 1. The summed E-state index contributed by atoms with van der Waals surface area (Å²) in [5.74, 6) is -1.06. The standard InChI is InChI=1S/C24H21N3O5S2/c1-15-8-11-17(12-9-15)34(30,31)26-19-7-5-4-6-18(19)22(28)25-24-27(2)20-13-10-16(23(29)32-3)14-21(20)33-24/h4-14,26H,1-3H3.